The van der Waals surface area contributed by atoms with Gasteiger partial charge in [0.2, 0.25) is 0 Å². The van der Waals surface area contributed by atoms with Crippen LogP contribution < -0.4 is 0 Å². The molecule has 3 aliphatic carbocycles. The third-order valence-corrected chi connectivity index (χ3v) is 8.73. The molecule has 6 rings (SSSR count). The zero-order chi connectivity index (χ0) is 17.2. The van der Waals surface area contributed by atoms with Gasteiger partial charge in [0.15, 0.2) is 0 Å². The summed E-state index contributed by atoms with van der Waals surface area (Å²) < 4.78 is 6.56. The van der Waals surface area contributed by atoms with Crippen LogP contribution in [0.15, 0.2) is 35.4 Å². The summed E-state index contributed by atoms with van der Waals surface area (Å²) in [4.78, 5) is 13.6. The van der Waals surface area contributed by atoms with Gasteiger partial charge in [-0.15, -0.1) is 0 Å². The molecule has 0 amide bonds. The molecule has 1 saturated heterocycles. The van der Waals surface area contributed by atoms with E-state index in [2.05, 4.69) is 65.8 Å². The highest BCUT2D eigenvalue weighted by Gasteiger charge is 2.76. The summed E-state index contributed by atoms with van der Waals surface area (Å²) in [5.74, 6) is 1.07. The van der Waals surface area contributed by atoms with E-state index < -0.39 is 5.41 Å². The van der Waals surface area contributed by atoms with E-state index in [1.165, 1.54) is 22.3 Å². The van der Waals surface area contributed by atoms with E-state index in [0.717, 1.165) is 0 Å². The normalized spacial score (nSPS) is 47.2. The molecular weight excluding hydrogens is 296 g/mol. The largest absolute Gasteiger partial charge is 0.365 e. The molecular formula is C22H26O2. The van der Waals surface area contributed by atoms with Gasteiger partial charge in [-0.25, -0.2) is 0 Å². The highest BCUT2D eigenvalue weighted by Crippen LogP contribution is 2.78. The van der Waals surface area contributed by atoms with Crippen LogP contribution in [0.2, 0.25) is 0 Å². The van der Waals surface area contributed by atoms with Crippen LogP contribution in [0.4, 0.5) is 0 Å². The summed E-state index contributed by atoms with van der Waals surface area (Å²) in [7, 11) is 0. The maximum absolute atomic E-state index is 13.6. The van der Waals surface area contributed by atoms with Crippen molar-refractivity contribution in [3.63, 3.8) is 0 Å². The monoisotopic (exact) mass is 322 g/mol. The molecule has 0 N–H and O–H groups in total. The second-order valence-corrected chi connectivity index (χ2v) is 9.27. The summed E-state index contributed by atoms with van der Waals surface area (Å²) in [6, 6.07) is 8.65. The number of benzene rings is 1. The first-order chi connectivity index (χ1) is 11.2. The molecule has 2 fully saturated rings. The molecule has 1 aromatic rings. The highest BCUT2D eigenvalue weighted by molar-refractivity contribution is 5.97. The van der Waals surface area contributed by atoms with Crippen molar-refractivity contribution in [2.75, 3.05) is 0 Å². The van der Waals surface area contributed by atoms with Crippen molar-refractivity contribution in [1.29, 1.82) is 0 Å². The maximum Gasteiger partial charge on any atom is 0.149 e. The lowest BCUT2D eigenvalue weighted by Crippen LogP contribution is -2.67. The molecule has 2 nitrogen and oxygen atoms in total. The molecule has 5 aliphatic rings. The Kier molecular flexibility index (Phi) is 2.41. The lowest BCUT2D eigenvalue weighted by atomic mass is 9.34. The number of carbonyl (C=O) groups is 1. The Morgan fingerprint density at radius 2 is 1.42 bits per heavy atom. The number of ether oxygens (including phenoxy) is 1. The topological polar surface area (TPSA) is 26.3 Å². The number of rotatable bonds is 0. The molecule has 0 spiro atoms. The molecule has 6 atom stereocenters. The Labute approximate surface area is 144 Å². The summed E-state index contributed by atoms with van der Waals surface area (Å²) >= 11 is 0. The zero-order valence-electron chi connectivity index (χ0n) is 15.4. The van der Waals surface area contributed by atoms with Gasteiger partial charge in [0.1, 0.15) is 5.78 Å². The SMILES string of the molecule is CC1=C(C)[C@@]2(C)[C@H]3[C@H]([C@H]4O[C@@H]3c3ccccc34)[C@@]1(C)C(=O)C2(C)C. The smallest absolute Gasteiger partial charge is 0.149 e. The van der Waals surface area contributed by atoms with Gasteiger partial charge in [-0.1, -0.05) is 56.2 Å². The van der Waals surface area contributed by atoms with E-state index in [4.69, 9.17) is 4.74 Å². The first-order valence-corrected chi connectivity index (χ1v) is 9.16. The molecule has 126 valence electrons. The minimum atomic E-state index is -0.400. The van der Waals surface area contributed by atoms with Crippen LogP contribution in [-0.4, -0.2) is 5.78 Å². The van der Waals surface area contributed by atoms with Crippen molar-refractivity contribution in [3.05, 3.63) is 46.5 Å². The van der Waals surface area contributed by atoms with Crippen LogP contribution in [0.5, 0.6) is 0 Å². The van der Waals surface area contributed by atoms with Crippen LogP contribution in [-0.2, 0) is 9.53 Å². The summed E-state index contributed by atoms with van der Waals surface area (Å²) in [6.07, 6.45) is 0.208. The van der Waals surface area contributed by atoms with Gasteiger partial charge in [0.25, 0.3) is 0 Å². The number of hydrogen-bond donors (Lipinski definition) is 0. The predicted molar refractivity (Wildman–Crippen MR) is 93.4 cm³/mol. The van der Waals surface area contributed by atoms with Crippen LogP contribution in [0.25, 0.3) is 0 Å². The molecule has 0 aromatic heterocycles. The van der Waals surface area contributed by atoms with E-state index in [-0.39, 0.29) is 29.0 Å². The minimum Gasteiger partial charge on any atom is -0.365 e. The van der Waals surface area contributed by atoms with E-state index in [9.17, 15) is 4.79 Å². The van der Waals surface area contributed by atoms with Crippen LogP contribution in [0, 0.1) is 28.1 Å². The highest BCUT2D eigenvalue weighted by atomic mass is 16.5. The number of carbonyl (C=O) groups excluding carboxylic acids is 1. The third kappa shape index (κ3) is 1.16. The van der Waals surface area contributed by atoms with Crippen LogP contribution in [0.3, 0.4) is 0 Å². The lowest BCUT2D eigenvalue weighted by Gasteiger charge is -2.66. The second-order valence-electron chi connectivity index (χ2n) is 9.27. The quantitative estimate of drug-likeness (QED) is 0.627. The first kappa shape index (κ1) is 14.9. The fourth-order valence-electron chi connectivity index (χ4n) is 6.96. The predicted octanol–water partition coefficient (Wildman–Crippen LogP) is 5.02. The van der Waals surface area contributed by atoms with Gasteiger partial charge in [-0.3, -0.25) is 4.79 Å². The molecule has 2 heterocycles. The Balaban J connectivity index is 1.85. The van der Waals surface area contributed by atoms with Crippen LogP contribution in [0.1, 0.15) is 64.9 Å². The molecule has 0 unspecified atom stereocenters. The lowest BCUT2D eigenvalue weighted by molar-refractivity contribution is -0.167. The standard InChI is InChI=1S/C22H26O2/c1-11-12(2)22(6)16-15(21(11,5)19(23)20(22,3)4)17-13-9-7-8-10-14(13)18(16)24-17/h7-10,15-18H,1-6H3/t15-,16+,17+,18-,21+,22+/m1/s1. The van der Waals surface area contributed by atoms with Crippen LogP contribution >= 0.6 is 0 Å². The molecule has 1 aromatic carbocycles. The van der Waals surface area contributed by atoms with Gasteiger partial charge in [0, 0.05) is 22.7 Å². The van der Waals surface area contributed by atoms with Crippen molar-refractivity contribution in [3.8, 4) is 0 Å². The Morgan fingerprint density at radius 3 is 2.00 bits per heavy atom. The third-order valence-electron chi connectivity index (χ3n) is 8.73. The van der Waals surface area contributed by atoms with Crippen molar-refractivity contribution >= 4 is 5.78 Å². The van der Waals surface area contributed by atoms with E-state index >= 15 is 0 Å². The molecule has 2 aliphatic heterocycles. The van der Waals surface area contributed by atoms with E-state index in [1.807, 2.05) is 0 Å². The Morgan fingerprint density at radius 1 is 0.875 bits per heavy atom. The molecule has 4 bridgehead atoms. The Bertz CT molecular complexity index is 832. The number of hydrogen-bond acceptors (Lipinski definition) is 2. The van der Waals surface area contributed by atoms with Gasteiger partial charge in [0.05, 0.1) is 17.6 Å². The maximum atomic E-state index is 13.6. The first-order valence-electron chi connectivity index (χ1n) is 9.16. The number of fused-ring (bicyclic) bond motifs is 6. The van der Waals surface area contributed by atoms with Gasteiger partial charge in [-0.2, -0.15) is 0 Å². The minimum absolute atomic E-state index is 0.0728. The van der Waals surface area contributed by atoms with Crippen molar-refractivity contribution in [2.45, 2.75) is 53.8 Å². The van der Waals surface area contributed by atoms with Gasteiger partial charge >= 0.3 is 0 Å². The Hall–Kier alpha value is -1.41. The number of ketones is 1. The number of allylic oxidation sites excluding steroid dienone is 2. The van der Waals surface area contributed by atoms with E-state index in [1.54, 1.807) is 0 Å². The van der Waals surface area contributed by atoms with E-state index in [0.29, 0.717) is 11.7 Å². The summed E-state index contributed by atoms with van der Waals surface area (Å²) in [5, 5.41) is 0. The average molecular weight is 322 g/mol. The molecule has 1 saturated carbocycles. The number of Topliss-reactive ketones (excluding diaryl/α,β-unsaturated/α-hetero) is 1. The van der Waals surface area contributed by atoms with Crippen molar-refractivity contribution in [2.24, 2.45) is 28.1 Å². The molecule has 24 heavy (non-hydrogen) atoms. The fraction of sp³-hybridized carbons (Fsp3) is 0.591. The average Bonchev–Trinajstić information content (AvgIpc) is 3.13. The summed E-state index contributed by atoms with van der Waals surface area (Å²) in [5.41, 5.74) is 4.50. The van der Waals surface area contributed by atoms with Crippen molar-refractivity contribution in [1.82, 2.24) is 0 Å². The summed E-state index contributed by atoms with van der Waals surface area (Å²) in [6.45, 7) is 13.3. The van der Waals surface area contributed by atoms with Gasteiger partial charge < -0.3 is 4.74 Å². The second kappa shape index (κ2) is 3.88. The zero-order valence-corrected chi connectivity index (χ0v) is 15.4. The van der Waals surface area contributed by atoms with Gasteiger partial charge in [-0.05, 0) is 31.9 Å². The fourth-order valence-corrected chi connectivity index (χ4v) is 6.96. The molecule has 0 radical (unpaired) electrons. The molecule has 2 heteroatoms. The van der Waals surface area contributed by atoms with Crippen molar-refractivity contribution < 1.29 is 9.53 Å².